The fourth-order valence-corrected chi connectivity index (χ4v) is 6.15. The largest absolute Gasteiger partial charge is 0.391 e. The first kappa shape index (κ1) is 24.9. The van der Waals surface area contributed by atoms with Crippen LogP contribution in [0.4, 0.5) is 5.82 Å². The molecule has 0 saturated carbocycles. The highest BCUT2D eigenvalue weighted by Crippen LogP contribution is 2.37. The number of aliphatic hydroxyl groups is 1. The highest BCUT2D eigenvalue weighted by Gasteiger charge is 2.29. The zero-order chi connectivity index (χ0) is 25.2. The second-order valence-corrected chi connectivity index (χ2v) is 10.5. The third-order valence-corrected chi connectivity index (χ3v) is 8.15. The van der Waals surface area contributed by atoms with Crippen molar-refractivity contribution in [1.29, 1.82) is 0 Å². The lowest BCUT2D eigenvalue weighted by molar-refractivity contribution is 0.198. The minimum absolute atomic E-state index is 0.298. The molecule has 2 aromatic carbocycles. The molecule has 1 aliphatic heterocycles. The van der Waals surface area contributed by atoms with Gasteiger partial charge in [0.1, 0.15) is 5.82 Å². The fraction of sp³-hybridized carbons (Fsp3) is 0.484. The van der Waals surface area contributed by atoms with Crippen LogP contribution in [-0.2, 0) is 25.8 Å². The fourth-order valence-electron chi connectivity index (χ4n) is 6.15. The first-order valence-electron chi connectivity index (χ1n) is 13.7. The van der Waals surface area contributed by atoms with Crippen LogP contribution in [0.25, 0.3) is 11.4 Å². The Balaban J connectivity index is 1.56. The summed E-state index contributed by atoms with van der Waals surface area (Å²) in [6, 6.07) is 15.9. The molecule has 1 N–H and O–H groups in total. The molecule has 1 saturated heterocycles. The molecule has 1 aromatic heterocycles. The van der Waals surface area contributed by atoms with Gasteiger partial charge in [-0.2, -0.15) is 0 Å². The smallest absolute Gasteiger partial charge is 0.162 e. The van der Waals surface area contributed by atoms with Crippen LogP contribution in [0.2, 0.25) is 0 Å². The number of aryl methyl sites for hydroxylation is 4. The van der Waals surface area contributed by atoms with E-state index >= 15 is 0 Å². The number of hydrogen-bond donors (Lipinski definition) is 1. The summed E-state index contributed by atoms with van der Waals surface area (Å²) < 4.78 is 0. The molecule has 2 unspecified atom stereocenters. The van der Waals surface area contributed by atoms with E-state index in [9.17, 15) is 5.11 Å². The Labute approximate surface area is 216 Å². The Kier molecular flexibility index (Phi) is 7.40. The first-order chi connectivity index (χ1) is 17.5. The van der Waals surface area contributed by atoms with Crippen LogP contribution in [0.5, 0.6) is 0 Å². The molecule has 1 fully saturated rings. The van der Waals surface area contributed by atoms with Crippen molar-refractivity contribution in [2.75, 3.05) is 25.0 Å². The van der Waals surface area contributed by atoms with Gasteiger partial charge in [0.25, 0.3) is 0 Å². The van der Waals surface area contributed by atoms with Crippen molar-refractivity contribution in [3.63, 3.8) is 0 Å². The number of rotatable bonds is 7. The number of anilines is 1. The lowest BCUT2D eigenvalue weighted by Crippen LogP contribution is -2.30. The van der Waals surface area contributed by atoms with Gasteiger partial charge in [0.2, 0.25) is 0 Å². The lowest BCUT2D eigenvalue weighted by Gasteiger charge is -2.34. The molecule has 5 rings (SSSR count). The summed E-state index contributed by atoms with van der Waals surface area (Å²) in [5.41, 5.74) is 8.95. The van der Waals surface area contributed by atoms with E-state index in [0.29, 0.717) is 12.6 Å². The molecule has 2 heterocycles. The van der Waals surface area contributed by atoms with Crippen molar-refractivity contribution in [2.24, 2.45) is 0 Å². The van der Waals surface area contributed by atoms with Gasteiger partial charge in [0.15, 0.2) is 5.82 Å². The van der Waals surface area contributed by atoms with E-state index in [2.05, 4.69) is 80.1 Å². The molecule has 0 amide bonds. The van der Waals surface area contributed by atoms with E-state index in [-0.39, 0.29) is 6.10 Å². The van der Waals surface area contributed by atoms with Gasteiger partial charge in [0, 0.05) is 42.5 Å². The highest BCUT2D eigenvalue weighted by atomic mass is 16.3. The Hall–Kier alpha value is -2.76. The molecule has 5 nitrogen and oxygen atoms in total. The van der Waals surface area contributed by atoms with E-state index in [1.54, 1.807) is 0 Å². The number of hydrogen-bond acceptors (Lipinski definition) is 5. The summed E-state index contributed by atoms with van der Waals surface area (Å²) >= 11 is 0. The number of aliphatic hydroxyl groups excluding tert-OH is 1. The van der Waals surface area contributed by atoms with Crippen molar-refractivity contribution in [3.05, 3.63) is 76.0 Å². The predicted molar refractivity (Wildman–Crippen MR) is 147 cm³/mol. The molecule has 0 radical (unpaired) electrons. The van der Waals surface area contributed by atoms with E-state index in [1.165, 1.54) is 52.6 Å². The standard InChI is InChI=1S/C31H40N4O/c1-5-22-12-9-13-23(6-2)29(22)30-32-21(3)27(31(33-30)35-18-17-25(36)19-35)20-34(4)28-16-10-14-24-11-7-8-15-26(24)28/h7-9,11-13,15,25,28,36H,5-6,10,14,16-20H2,1-4H3. The molecule has 2 atom stereocenters. The molecule has 2 aliphatic rings. The minimum Gasteiger partial charge on any atom is -0.391 e. The average molecular weight is 485 g/mol. The first-order valence-corrected chi connectivity index (χ1v) is 13.7. The van der Waals surface area contributed by atoms with Gasteiger partial charge >= 0.3 is 0 Å². The molecule has 1 aliphatic carbocycles. The Bertz CT molecular complexity index is 1200. The molecule has 36 heavy (non-hydrogen) atoms. The average Bonchev–Trinajstić information content (AvgIpc) is 3.34. The summed E-state index contributed by atoms with van der Waals surface area (Å²) in [6.07, 6.45) is 5.96. The second-order valence-electron chi connectivity index (χ2n) is 10.5. The van der Waals surface area contributed by atoms with Crippen LogP contribution in [0.15, 0.2) is 42.5 Å². The number of fused-ring (bicyclic) bond motifs is 1. The van der Waals surface area contributed by atoms with E-state index in [0.717, 1.165) is 49.7 Å². The molecule has 5 heteroatoms. The molecular weight excluding hydrogens is 444 g/mol. The van der Waals surface area contributed by atoms with Gasteiger partial charge in [0.05, 0.1) is 6.10 Å². The monoisotopic (exact) mass is 484 g/mol. The van der Waals surface area contributed by atoms with Crippen molar-refractivity contribution >= 4 is 5.82 Å². The van der Waals surface area contributed by atoms with Crippen LogP contribution >= 0.6 is 0 Å². The molecular formula is C31H40N4O. The second kappa shape index (κ2) is 10.7. The number of benzene rings is 2. The normalized spacial score (nSPS) is 19.7. The van der Waals surface area contributed by atoms with Crippen molar-refractivity contribution in [3.8, 4) is 11.4 Å². The van der Waals surface area contributed by atoms with Crippen molar-refractivity contribution < 1.29 is 5.11 Å². The van der Waals surface area contributed by atoms with Crippen LogP contribution in [0.1, 0.15) is 72.7 Å². The molecule has 190 valence electrons. The van der Waals surface area contributed by atoms with Crippen LogP contribution in [-0.4, -0.2) is 46.2 Å². The molecule has 3 aromatic rings. The van der Waals surface area contributed by atoms with Crippen LogP contribution in [0, 0.1) is 6.92 Å². The third kappa shape index (κ3) is 4.79. The SMILES string of the molecule is CCc1cccc(CC)c1-c1nc(C)c(CN(C)C2CCCc3ccccc32)c(N2CCC(O)C2)n1. The topological polar surface area (TPSA) is 52.5 Å². The van der Waals surface area contributed by atoms with Gasteiger partial charge in [-0.3, -0.25) is 4.90 Å². The maximum Gasteiger partial charge on any atom is 0.162 e. The lowest BCUT2D eigenvalue weighted by atomic mass is 9.87. The van der Waals surface area contributed by atoms with Gasteiger partial charge in [-0.05, 0) is 74.8 Å². The van der Waals surface area contributed by atoms with E-state index < -0.39 is 0 Å². The van der Waals surface area contributed by atoms with Crippen LogP contribution < -0.4 is 4.90 Å². The predicted octanol–water partition coefficient (Wildman–Crippen LogP) is 5.66. The number of β-amino-alcohol motifs (C(OH)–C–C–N with tert-alkyl or cyclic N) is 1. The van der Waals surface area contributed by atoms with Gasteiger partial charge < -0.3 is 10.0 Å². The number of nitrogens with zero attached hydrogens (tertiary/aromatic N) is 4. The molecule has 0 spiro atoms. The van der Waals surface area contributed by atoms with Gasteiger partial charge in [-0.15, -0.1) is 0 Å². The molecule has 0 bridgehead atoms. The zero-order valence-electron chi connectivity index (χ0n) is 22.3. The summed E-state index contributed by atoms with van der Waals surface area (Å²) in [5.74, 6) is 1.82. The quantitative estimate of drug-likeness (QED) is 0.469. The van der Waals surface area contributed by atoms with Crippen LogP contribution in [0.3, 0.4) is 0 Å². The third-order valence-electron chi connectivity index (χ3n) is 8.15. The van der Waals surface area contributed by atoms with Gasteiger partial charge in [-0.1, -0.05) is 56.3 Å². The summed E-state index contributed by atoms with van der Waals surface area (Å²) in [6.45, 7) is 8.80. The maximum atomic E-state index is 10.4. The Morgan fingerprint density at radius 3 is 2.44 bits per heavy atom. The summed E-state index contributed by atoms with van der Waals surface area (Å²) in [7, 11) is 2.24. The minimum atomic E-state index is -0.298. The summed E-state index contributed by atoms with van der Waals surface area (Å²) in [5, 5.41) is 10.4. The van der Waals surface area contributed by atoms with E-state index in [4.69, 9.17) is 9.97 Å². The van der Waals surface area contributed by atoms with E-state index in [1.807, 2.05) is 0 Å². The summed E-state index contributed by atoms with van der Waals surface area (Å²) in [4.78, 5) is 15.1. The highest BCUT2D eigenvalue weighted by molar-refractivity contribution is 5.68. The van der Waals surface area contributed by atoms with Gasteiger partial charge in [-0.25, -0.2) is 9.97 Å². The maximum absolute atomic E-state index is 10.4. The number of aromatic nitrogens is 2. The zero-order valence-corrected chi connectivity index (χ0v) is 22.3. The Morgan fingerprint density at radius 2 is 1.75 bits per heavy atom. The van der Waals surface area contributed by atoms with Crippen molar-refractivity contribution in [2.45, 2.75) is 78.0 Å². The van der Waals surface area contributed by atoms with Crippen molar-refractivity contribution in [1.82, 2.24) is 14.9 Å². The Morgan fingerprint density at radius 1 is 1.00 bits per heavy atom.